The van der Waals surface area contributed by atoms with E-state index >= 15 is 0 Å². The summed E-state index contributed by atoms with van der Waals surface area (Å²) in [4.78, 5) is 56.4. The summed E-state index contributed by atoms with van der Waals surface area (Å²) in [5.41, 5.74) is 15.3. The van der Waals surface area contributed by atoms with Gasteiger partial charge in [0.1, 0.15) is 49.4 Å². The lowest BCUT2D eigenvalue weighted by molar-refractivity contribution is 0.0678. The Balaban J connectivity index is 0.000000180. The number of hydrogen-bond donors (Lipinski definition) is 2. The predicted molar refractivity (Wildman–Crippen MR) is 387 cm³/mol. The molecule has 8 aromatic heterocycles. The van der Waals surface area contributed by atoms with E-state index in [2.05, 4.69) is 104 Å². The highest BCUT2D eigenvalue weighted by atomic mass is 32.2. The number of nitrogens with two attached hydrogens (primary N) is 1. The van der Waals surface area contributed by atoms with Gasteiger partial charge >= 0.3 is 12.2 Å². The van der Waals surface area contributed by atoms with Crippen LogP contribution in [0.3, 0.4) is 0 Å². The third kappa shape index (κ3) is 19.2. The number of benzene rings is 2. The molecular weight excluding hydrogens is 1330 g/mol. The molecule has 3 N–H and O–H groups in total. The van der Waals surface area contributed by atoms with Gasteiger partial charge in [0.25, 0.3) is 0 Å². The lowest BCUT2D eigenvalue weighted by Crippen LogP contribution is -2.50. The van der Waals surface area contributed by atoms with Gasteiger partial charge < -0.3 is 48.9 Å². The van der Waals surface area contributed by atoms with Crippen LogP contribution in [-0.2, 0) is 69.6 Å². The summed E-state index contributed by atoms with van der Waals surface area (Å²) in [5, 5.41) is 28.6. The minimum absolute atomic E-state index is 0.0219. The molecule has 12 rings (SSSR count). The third-order valence-electron chi connectivity index (χ3n) is 17.4. The smallest absolute Gasteiger partial charge is 0.410 e. The molecule has 2 saturated heterocycles. The summed E-state index contributed by atoms with van der Waals surface area (Å²) in [6.45, 7) is 25.6. The number of likely N-dealkylation sites (tertiary alicyclic amines) is 2. The molecule has 0 bridgehead atoms. The number of nitrogens with one attached hydrogen (secondary N) is 1. The number of carbonyl (C=O) groups is 2. The molecule has 2 aliphatic rings. The molecule has 28 nitrogen and oxygen atoms in total. The summed E-state index contributed by atoms with van der Waals surface area (Å²) in [6, 6.07) is 29.6. The average Bonchev–Trinajstić information content (AvgIpc) is 1.61. The van der Waals surface area contributed by atoms with E-state index in [-0.39, 0.29) is 48.1 Å². The molecule has 2 amide bonds. The van der Waals surface area contributed by atoms with E-state index in [0.717, 1.165) is 99.5 Å². The van der Waals surface area contributed by atoms with Crippen molar-refractivity contribution in [1.29, 1.82) is 0 Å². The fraction of sp³-hybridized carbons (Fsp3) is 0.449. The van der Waals surface area contributed by atoms with Crippen LogP contribution in [0.4, 0.5) is 15.5 Å². The molecule has 10 aromatic rings. The average molecular weight is 1420 g/mol. The number of aryl methyl sites for hydroxylation is 4. The van der Waals surface area contributed by atoms with Crippen molar-refractivity contribution in [1.82, 2.24) is 89.3 Å². The number of nitrogens with zero attached hydrogens (tertiary/aromatic N) is 18. The molecule has 4 atom stereocenters. The maximum absolute atomic E-state index is 13.1. The Labute approximate surface area is 585 Å². The van der Waals surface area contributed by atoms with E-state index in [1.807, 2.05) is 127 Å². The van der Waals surface area contributed by atoms with Gasteiger partial charge in [-0.3, -0.25) is 0 Å². The van der Waals surface area contributed by atoms with Crippen LogP contribution >= 0.6 is 0 Å². The van der Waals surface area contributed by atoms with Gasteiger partial charge in [-0.2, -0.15) is 0 Å². The molecule has 2 aromatic carbocycles. The molecule has 530 valence electrons. The highest BCUT2D eigenvalue weighted by molar-refractivity contribution is 7.90. The number of piperidine rings is 2. The van der Waals surface area contributed by atoms with Crippen molar-refractivity contribution in [3.63, 3.8) is 0 Å². The molecule has 100 heavy (non-hydrogen) atoms. The van der Waals surface area contributed by atoms with E-state index in [1.165, 1.54) is 6.20 Å². The minimum atomic E-state index is -3.56. The number of hydrogen-bond acceptors (Lipinski definition) is 22. The van der Waals surface area contributed by atoms with Crippen LogP contribution in [0, 0.1) is 13.8 Å². The number of anilines is 1. The Bertz CT molecular complexity index is 4540. The topological polar surface area (TPSA) is 324 Å². The molecule has 31 heteroatoms. The quantitative estimate of drug-likeness (QED) is 0.0383. The number of tetrazole rings is 2. The first kappa shape index (κ1) is 73.4. The molecule has 10 heterocycles. The molecule has 0 radical (unpaired) electrons. The Kier molecular flexibility index (Phi) is 23.8. The second-order valence-corrected chi connectivity index (χ2v) is 41.3. The van der Waals surface area contributed by atoms with Gasteiger partial charge in [0.05, 0.1) is 11.4 Å². The second kappa shape index (κ2) is 32.4. The first-order chi connectivity index (χ1) is 47.7. The van der Waals surface area contributed by atoms with Gasteiger partial charge in [0, 0.05) is 134 Å². The summed E-state index contributed by atoms with van der Waals surface area (Å²) < 4.78 is 54.4. The zero-order valence-corrected chi connectivity index (χ0v) is 62.2. The van der Waals surface area contributed by atoms with Gasteiger partial charge in [-0.15, -0.1) is 10.2 Å². The normalized spacial score (nSPS) is 16.6. The van der Waals surface area contributed by atoms with E-state index in [4.69, 9.17) is 39.6 Å². The first-order valence-corrected chi connectivity index (χ1v) is 42.9. The van der Waals surface area contributed by atoms with Crippen molar-refractivity contribution in [3.05, 3.63) is 132 Å². The largest absolute Gasteiger partial charge is 0.445 e. The second-order valence-electron chi connectivity index (χ2n) is 28.1. The van der Waals surface area contributed by atoms with Crippen LogP contribution in [0.15, 0.2) is 115 Å². The SMILES string of the molecule is C[C@@H]1CC[C@@H](N)CN1C(=O)OCc1ccccc1.Cc1cnc(N[C@@H]2CC[C@@H](C)N(C(=O)OCc3ccccc3)C2)nc1-c1cn(COCC[Si](C)(C)C)c2nc(-c3nnnn3C)ccc12.Cc1cnc(S(C)(=O)=O)nc1-c1cn(COCC[Si](C)(C)C)c2nc(-c3nnnn3C)ccc12. The van der Waals surface area contributed by atoms with Crippen molar-refractivity contribution >= 4 is 66.2 Å². The van der Waals surface area contributed by atoms with Gasteiger partial charge in [-0.25, -0.2) is 57.3 Å². The Morgan fingerprint density at radius 1 is 0.600 bits per heavy atom. The fourth-order valence-electron chi connectivity index (χ4n) is 11.4. The number of carbonyl (C=O) groups excluding carboxylic acids is 2. The first-order valence-electron chi connectivity index (χ1n) is 33.6. The minimum Gasteiger partial charge on any atom is -0.445 e. The van der Waals surface area contributed by atoms with E-state index in [9.17, 15) is 18.0 Å². The molecule has 2 aliphatic heterocycles. The van der Waals surface area contributed by atoms with E-state index in [1.54, 1.807) is 33.3 Å². The summed E-state index contributed by atoms with van der Waals surface area (Å²) in [6.07, 6.45) is 11.5. The summed E-state index contributed by atoms with van der Waals surface area (Å²) in [7, 11) is -2.48. The lowest BCUT2D eigenvalue weighted by atomic mass is 10.00. The number of rotatable bonds is 21. The van der Waals surface area contributed by atoms with Crippen molar-refractivity contribution in [3.8, 4) is 45.6 Å². The van der Waals surface area contributed by atoms with Gasteiger partial charge in [-0.1, -0.05) is 99.9 Å². The predicted octanol–water partition coefficient (Wildman–Crippen LogP) is 10.7. The number of pyridine rings is 2. The molecule has 2 fully saturated rings. The molecule has 0 aliphatic carbocycles. The van der Waals surface area contributed by atoms with E-state index in [0.29, 0.717) is 86.7 Å². The maximum atomic E-state index is 13.1. The highest BCUT2D eigenvalue weighted by Gasteiger charge is 2.32. The Morgan fingerprint density at radius 3 is 1.52 bits per heavy atom. The number of fused-ring (bicyclic) bond motifs is 2. The van der Waals surface area contributed by atoms with Crippen LogP contribution in [0.1, 0.15) is 61.8 Å². The van der Waals surface area contributed by atoms with Crippen LogP contribution in [-0.4, -0.2) is 183 Å². The molecule has 0 spiro atoms. The van der Waals surface area contributed by atoms with Crippen LogP contribution in [0.25, 0.3) is 67.6 Å². The molecular formula is C69H92N20O8SSi2. The standard InChI is InChI=1S/C34H44N10O3Si.C21H28N8O3SSi.C14H20N2O2/c1-23-18-35-33(36-26-13-12-24(2)44(19-26)34(45)47-21-25-10-8-7-9-11-25)38-30(23)28-20-43(22-46-16-17-48(4,5)6)31-27(28)14-15-29(37-31)32-39-40-41-42(32)3;1-14-11-22-21(33(3,30)31)24-18(14)16-12-29(13-32-9-10-34(4,5)6)19-15(16)7-8-17(23-19)20-25-26-27-28(20)2;1-11-7-8-13(15)9-16(11)14(17)18-10-12-5-3-2-4-6-12/h7-11,14-15,18,20,24,26H,12-13,16-17,19,21-22H2,1-6H3,(H,35,36,38);7-8,11-12H,9-10,13H2,1-6H3;2-6,11,13H,7-10,15H2,1H3/t24-,26-;;11-,13-/m1.1/s1. The number of ether oxygens (including phenoxy) is 4. The molecule has 0 unspecified atom stereocenters. The number of aromatic nitrogens is 16. The van der Waals surface area contributed by atoms with Crippen LogP contribution < -0.4 is 11.1 Å². The van der Waals surface area contributed by atoms with Crippen LogP contribution in [0.5, 0.6) is 0 Å². The summed E-state index contributed by atoms with van der Waals surface area (Å²) in [5.74, 6) is 1.62. The zero-order valence-electron chi connectivity index (χ0n) is 59.4. The van der Waals surface area contributed by atoms with Crippen molar-refractivity contribution in [2.24, 2.45) is 19.8 Å². The van der Waals surface area contributed by atoms with Gasteiger partial charge in [0.15, 0.2) is 11.6 Å². The molecule has 0 saturated carbocycles. The number of amides is 2. The summed E-state index contributed by atoms with van der Waals surface area (Å²) >= 11 is 0. The Hall–Kier alpha value is -9.28. The van der Waals surface area contributed by atoms with Gasteiger partial charge in [-0.05, 0) is 133 Å². The van der Waals surface area contributed by atoms with Crippen molar-refractivity contribution < 1.29 is 37.0 Å². The third-order valence-corrected chi connectivity index (χ3v) is 21.6. The van der Waals surface area contributed by atoms with Crippen LogP contribution in [0.2, 0.25) is 51.4 Å². The van der Waals surface area contributed by atoms with E-state index < -0.39 is 26.0 Å². The fourth-order valence-corrected chi connectivity index (χ4v) is 13.5. The van der Waals surface area contributed by atoms with Crippen molar-refractivity contribution in [2.45, 2.75) is 161 Å². The Morgan fingerprint density at radius 2 is 1.06 bits per heavy atom. The van der Waals surface area contributed by atoms with Crippen molar-refractivity contribution in [2.75, 3.05) is 37.9 Å². The highest BCUT2D eigenvalue weighted by Crippen LogP contribution is 2.35. The lowest BCUT2D eigenvalue weighted by Gasteiger charge is -2.37. The maximum Gasteiger partial charge on any atom is 0.410 e. The number of sulfone groups is 1. The monoisotopic (exact) mass is 1420 g/mol. The zero-order chi connectivity index (χ0) is 71.5. The van der Waals surface area contributed by atoms with Gasteiger partial charge in [0.2, 0.25) is 20.9 Å².